The molecule has 0 aliphatic carbocycles. The van der Waals surface area contributed by atoms with Gasteiger partial charge >= 0.3 is 11.9 Å². The van der Waals surface area contributed by atoms with Gasteiger partial charge in [-0.3, -0.25) is 0 Å². The highest BCUT2D eigenvalue weighted by Gasteiger charge is 2.05. The summed E-state index contributed by atoms with van der Waals surface area (Å²) in [5.41, 5.74) is 1.07. The molecule has 0 amide bonds. The highest BCUT2D eigenvalue weighted by atomic mass is 16.5. The van der Waals surface area contributed by atoms with Gasteiger partial charge in [0.05, 0.1) is 20.3 Å². The number of nitrogens with one attached hydrogen (secondary N) is 1. The molecule has 0 aromatic heterocycles. The quantitative estimate of drug-likeness (QED) is 0.237. The first-order valence-electron chi connectivity index (χ1n) is 9.10. The van der Waals surface area contributed by atoms with Gasteiger partial charge in [0.25, 0.3) is 0 Å². The molecule has 0 aliphatic heterocycles. The number of methoxy groups -OCH3 is 2. The second-order valence-corrected chi connectivity index (χ2v) is 5.63. The smallest absolute Gasteiger partial charge is 0.414 e. The van der Waals surface area contributed by atoms with E-state index in [1.54, 1.807) is 14.2 Å². The molecule has 0 aliphatic rings. The van der Waals surface area contributed by atoms with E-state index in [0.29, 0.717) is 19.8 Å². The van der Waals surface area contributed by atoms with Crippen molar-refractivity contribution in [3.8, 4) is 11.5 Å². The van der Waals surface area contributed by atoms with E-state index in [2.05, 4.69) is 11.9 Å². The van der Waals surface area contributed by atoms with Crippen molar-refractivity contribution in [2.75, 3.05) is 53.7 Å². The molecule has 0 radical (unpaired) electrons. The van der Waals surface area contributed by atoms with Crippen LogP contribution in [0.3, 0.4) is 0 Å². The predicted molar refractivity (Wildman–Crippen MR) is 108 cm³/mol. The van der Waals surface area contributed by atoms with Crippen LogP contribution in [0.1, 0.15) is 12.0 Å². The standard InChI is InChI=1S/C18H29NO4.C2H2O4/c1-4-6-16-15-17(21-3)7-8-18(16)23-14-13-22-12-10-19-9-5-11-20-2;3-1(4)2(5)6/h4,7-8,15,19H,1,5-6,9-14H2,2-3H3;(H,3,4)(H,5,6). The Balaban J connectivity index is 0.00000113. The topological polar surface area (TPSA) is 124 Å². The van der Waals surface area contributed by atoms with Crippen molar-refractivity contribution < 1.29 is 38.7 Å². The lowest BCUT2D eigenvalue weighted by Gasteiger charge is -2.12. The highest BCUT2D eigenvalue weighted by Crippen LogP contribution is 2.24. The maximum Gasteiger partial charge on any atom is 0.414 e. The van der Waals surface area contributed by atoms with Gasteiger partial charge in [-0.1, -0.05) is 6.08 Å². The Morgan fingerprint density at radius 3 is 2.38 bits per heavy atom. The van der Waals surface area contributed by atoms with E-state index in [4.69, 9.17) is 38.7 Å². The third-order valence-electron chi connectivity index (χ3n) is 3.43. The lowest BCUT2D eigenvalue weighted by molar-refractivity contribution is -0.159. The lowest BCUT2D eigenvalue weighted by Crippen LogP contribution is -2.22. The fourth-order valence-electron chi connectivity index (χ4n) is 2.06. The number of rotatable bonds is 14. The molecular formula is C20H31NO8. The van der Waals surface area contributed by atoms with Gasteiger partial charge in [-0.05, 0) is 37.6 Å². The number of hydrogen-bond donors (Lipinski definition) is 3. The minimum absolute atomic E-state index is 0.528. The predicted octanol–water partition coefficient (Wildman–Crippen LogP) is 1.60. The molecule has 0 fully saturated rings. The van der Waals surface area contributed by atoms with E-state index in [1.807, 2.05) is 24.3 Å². The molecule has 0 atom stereocenters. The average Bonchev–Trinajstić information content (AvgIpc) is 2.70. The van der Waals surface area contributed by atoms with Gasteiger partial charge in [0.1, 0.15) is 18.1 Å². The molecule has 1 aromatic rings. The van der Waals surface area contributed by atoms with Gasteiger partial charge in [-0.25, -0.2) is 9.59 Å². The third kappa shape index (κ3) is 14.1. The van der Waals surface area contributed by atoms with Gasteiger partial charge in [0.2, 0.25) is 0 Å². The number of ether oxygens (including phenoxy) is 4. The molecule has 0 heterocycles. The van der Waals surface area contributed by atoms with Crippen LogP contribution in [0.25, 0.3) is 0 Å². The number of benzene rings is 1. The molecule has 0 bridgehead atoms. The molecule has 0 saturated heterocycles. The van der Waals surface area contributed by atoms with Gasteiger partial charge in [-0.2, -0.15) is 0 Å². The van der Waals surface area contributed by atoms with Crippen molar-refractivity contribution in [3.05, 3.63) is 36.4 Å². The normalized spacial score (nSPS) is 9.86. The van der Waals surface area contributed by atoms with Crippen molar-refractivity contribution in [2.24, 2.45) is 0 Å². The molecule has 9 heteroatoms. The van der Waals surface area contributed by atoms with Crippen LogP contribution >= 0.6 is 0 Å². The first-order valence-corrected chi connectivity index (χ1v) is 9.10. The number of carboxylic acid groups (broad SMARTS) is 2. The number of aliphatic carboxylic acids is 2. The van der Waals surface area contributed by atoms with Crippen molar-refractivity contribution in [1.29, 1.82) is 0 Å². The van der Waals surface area contributed by atoms with Crippen LogP contribution in [0.2, 0.25) is 0 Å². The molecule has 0 saturated carbocycles. The molecule has 0 unspecified atom stereocenters. The van der Waals surface area contributed by atoms with E-state index >= 15 is 0 Å². The maximum absolute atomic E-state index is 9.10. The zero-order chi connectivity index (χ0) is 21.9. The summed E-state index contributed by atoms with van der Waals surface area (Å²) >= 11 is 0. The van der Waals surface area contributed by atoms with Crippen molar-refractivity contribution in [3.63, 3.8) is 0 Å². The summed E-state index contributed by atoms with van der Waals surface area (Å²) < 4.78 is 21.5. The van der Waals surface area contributed by atoms with Gasteiger partial charge in [0.15, 0.2) is 0 Å². The van der Waals surface area contributed by atoms with E-state index in [0.717, 1.165) is 49.6 Å². The fourth-order valence-corrected chi connectivity index (χ4v) is 2.06. The zero-order valence-corrected chi connectivity index (χ0v) is 17.0. The van der Waals surface area contributed by atoms with Gasteiger partial charge in [0, 0.05) is 25.8 Å². The van der Waals surface area contributed by atoms with E-state index < -0.39 is 11.9 Å². The molecule has 3 N–H and O–H groups in total. The van der Waals surface area contributed by atoms with Crippen LogP contribution in [-0.4, -0.2) is 75.9 Å². The summed E-state index contributed by atoms with van der Waals surface area (Å²) in [6.07, 6.45) is 3.62. The van der Waals surface area contributed by atoms with E-state index in [-0.39, 0.29) is 0 Å². The SMILES string of the molecule is C=CCc1cc(OC)ccc1OCCOCCNCCCOC.O=C(O)C(=O)O. The van der Waals surface area contributed by atoms with Crippen LogP contribution < -0.4 is 14.8 Å². The summed E-state index contributed by atoms with van der Waals surface area (Å²) in [6.45, 7) is 8.13. The fraction of sp³-hybridized carbons (Fsp3) is 0.500. The maximum atomic E-state index is 9.10. The average molecular weight is 413 g/mol. The molecular weight excluding hydrogens is 382 g/mol. The Hall–Kier alpha value is -2.62. The summed E-state index contributed by atoms with van der Waals surface area (Å²) in [5.74, 6) is -1.97. The molecule has 1 rings (SSSR count). The molecule has 0 spiro atoms. The minimum atomic E-state index is -1.82. The first-order chi connectivity index (χ1) is 14.0. The van der Waals surface area contributed by atoms with Crippen LogP contribution in [-0.2, 0) is 25.5 Å². The summed E-state index contributed by atoms with van der Waals surface area (Å²) in [4.78, 5) is 18.2. The lowest BCUT2D eigenvalue weighted by atomic mass is 10.1. The van der Waals surface area contributed by atoms with E-state index in [1.165, 1.54) is 0 Å². The summed E-state index contributed by atoms with van der Waals surface area (Å²) in [5, 5.41) is 18.1. The number of allylic oxidation sites excluding steroid dienone is 1. The van der Waals surface area contributed by atoms with Crippen LogP contribution in [0, 0.1) is 0 Å². The summed E-state index contributed by atoms with van der Waals surface area (Å²) in [7, 11) is 3.37. The van der Waals surface area contributed by atoms with Crippen molar-refractivity contribution in [2.45, 2.75) is 12.8 Å². The first kappa shape index (κ1) is 26.4. The van der Waals surface area contributed by atoms with E-state index in [9.17, 15) is 0 Å². The van der Waals surface area contributed by atoms with Crippen molar-refractivity contribution in [1.82, 2.24) is 5.32 Å². The molecule has 164 valence electrons. The van der Waals surface area contributed by atoms with Gasteiger partial charge < -0.3 is 34.5 Å². The zero-order valence-electron chi connectivity index (χ0n) is 17.0. The molecule has 9 nitrogen and oxygen atoms in total. The summed E-state index contributed by atoms with van der Waals surface area (Å²) in [6, 6.07) is 5.80. The minimum Gasteiger partial charge on any atom is -0.497 e. The van der Waals surface area contributed by atoms with Crippen LogP contribution in [0.4, 0.5) is 0 Å². The highest BCUT2D eigenvalue weighted by molar-refractivity contribution is 6.27. The monoisotopic (exact) mass is 413 g/mol. The second-order valence-electron chi connectivity index (χ2n) is 5.63. The number of carboxylic acids is 2. The largest absolute Gasteiger partial charge is 0.497 e. The molecule has 29 heavy (non-hydrogen) atoms. The van der Waals surface area contributed by atoms with Crippen LogP contribution in [0.5, 0.6) is 11.5 Å². The molecule has 1 aromatic carbocycles. The Labute approximate surface area is 171 Å². The second kappa shape index (κ2) is 17.5. The van der Waals surface area contributed by atoms with Gasteiger partial charge in [-0.15, -0.1) is 6.58 Å². The Morgan fingerprint density at radius 1 is 1.07 bits per heavy atom. The third-order valence-corrected chi connectivity index (χ3v) is 3.43. The Kier molecular flexibility index (Phi) is 15.9. The van der Waals surface area contributed by atoms with Crippen molar-refractivity contribution >= 4 is 11.9 Å². The Bertz CT molecular complexity index is 594. The number of carbonyl (C=O) groups is 2. The van der Waals surface area contributed by atoms with Crippen LogP contribution in [0.15, 0.2) is 30.9 Å². The number of hydrogen-bond acceptors (Lipinski definition) is 7. The Morgan fingerprint density at radius 2 is 1.79 bits per heavy atom.